The summed E-state index contributed by atoms with van der Waals surface area (Å²) < 4.78 is 5.14. The van der Waals surface area contributed by atoms with Crippen LogP contribution >= 0.6 is 11.6 Å². The summed E-state index contributed by atoms with van der Waals surface area (Å²) in [6, 6.07) is 14.4. The standard InChI is InChI=1S/C16H17ClN2O/c1-20-15-8-4-6-12(19-15)10-18-16-13-7-3-2-5-11(13)9-14(16)17/h2-8,14,16,18H,9-10H2,1H3. The summed E-state index contributed by atoms with van der Waals surface area (Å²) in [6.07, 6.45) is 0.918. The first kappa shape index (κ1) is 13.4. The number of aromatic nitrogens is 1. The highest BCUT2D eigenvalue weighted by molar-refractivity contribution is 6.21. The molecule has 0 saturated carbocycles. The number of benzene rings is 1. The molecular formula is C16H17ClN2O. The number of ether oxygens (including phenoxy) is 1. The topological polar surface area (TPSA) is 34.1 Å². The van der Waals surface area contributed by atoms with Gasteiger partial charge in [-0.25, -0.2) is 4.98 Å². The van der Waals surface area contributed by atoms with E-state index in [4.69, 9.17) is 16.3 Å². The lowest BCUT2D eigenvalue weighted by Gasteiger charge is -2.17. The van der Waals surface area contributed by atoms with Crippen molar-refractivity contribution in [3.63, 3.8) is 0 Å². The van der Waals surface area contributed by atoms with Crippen LogP contribution in [0.25, 0.3) is 0 Å². The van der Waals surface area contributed by atoms with Gasteiger partial charge < -0.3 is 10.1 Å². The molecule has 0 fully saturated rings. The number of alkyl halides is 1. The molecule has 2 unspecified atom stereocenters. The first-order chi connectivity index (χ1) is 9.78. The highest BCUT2D eigenvalue weighted by atomic mass is 35.5. The molecule has 0 radical (unpaired) electrons. The molecule has 0 saturated heterocycles. The van der Waals surface area contributed by atoms with Crippen LogP contribution in [-0.4, -0.2) is 17.5 Å². The number of halogens is 1. The van der Waals surface area contributed by atoms with Crippen LogP contribution in [0, 0.1) is 0 Å². The number of methoxy groups -OCH3 is 1. The van der Waals surface area contributed by atoms with Crippen molar-refractivity contribution in [1.82, 2.24) is 10.3 Å². The molecule has 1 heterocycles. The van der Waals surface area contributed by atoms with Crippen LogP contribution < -0.4 is 10.1 Å². The van der Waals surface area contributed by atoms with E-state index in [9.17, 15) is 0 Å². The average Bonchev–Trinajstić information content (AvgIpc) is 2.81. The van der Waals surface area contributed by atoms with Gasteiger partial charge in [0.1, 0.15) is 0 Å². The second-order valence-corrected chi connectivity index (χ2v) is 5.51. The smallest absolute Gasteiger partial charge is 0.213 e. The molecule has 0 amide bonds. The van der Waals surface area contributed by atoms with Crippen molar-refractivity contribution >= 4 is 11.6 Å². The molecule has 0 bridgehead atoms. The van der Waals surface area contributed by atoms with Crippen molar-refractivity contribution in [3.05, 3.63) is 59.3 Å². The van der Waals surface area contributed by atoms with Crippen LogP contribution in [-0.2, 0) is 13.0 Å². The molecule has 2 atom stereocenters. The van der Waals surface area contributed by atoms with Gasteiger partial charge in [-0.2, -0.15) is 0 Å². The Bertz CT molecular complexity index is 603. The lowest BCUT2D eigenvalue weighted by molar-refractivity contribution is 0.395. The third kappa shape index (κ3) is 2.65. The quantitative estimate of drug-likeness (QED) is 0.878. The molecule has 3 nitrogen and oxygen atoms in total. The van der Waals surface area contributed by atoms with Gasteiger partial charge >= 0.3 is 0 Å². The molecule has 2 aromatic rings. The lowest BCUT2D eigenvalue weighted by atomic mass is 10.1. The number of hydrogen-bond donors (Lipinski definition) is 1. The van der Waals surface area contributed by atoms with Crippen LogP contribution in [0.2, 0.25) is 0 Å². The Morgan fingerprint density at radius 1 is 1.25 bits per heavy atom. The molecule has 3 rings (SSSR count). The zero-order valence-electron chi connectivity index (χ0n) is 11.3. The van der Waals surface area contributed by atoms with Crippen molar-refractivity contribution in [2.75, 3.05) is 7.11 Å². The van der Waals surface area contributed by atoms with Gasteiger partial charge in [-0.05, 0) is 23.6 Å². The molecule has 1 aliphatic rings. The Morgan fingerprint density at radius 2 is 2.10 bits per heavy atom. The third-order valence-electron chi connectivity index (χ3n) is 3.66. The van der Waals surface area contributed by atoms with Crippen LogP contribution in [0.1, 0.15) is 22.9 Å². The Hall–Kier alpha value is -1.58. The van der Waals surface area contributed by atoms with Gasteiger partial charge in [0.15, 0.2) is 0 Å². The molecular weight excluding hydrogens is 272 g/mol. The second-order valence-electron chi connectivity index (χ2n) is 4.95. The summed E-state index contributed by atoms with van der Waals surface area (Å²) in [4.78, 5) is 4.41. The van der Waals surface area contributed by atoms with Crippen molar-refractivity contribution in [1.29, 1.82) is 0 Å². The first-order valence-corrected chi connectivity index (χ1v) is 7.17. The molecule has 1 aromatic carbocycles. The van der Waals surface area contributed by atoms with Crippen LogP contribution in [0.5, 0.6) is 5.88 Å². The zero-order valence-corrected chi connectivity index (χ0v) is 12.1. The van der Waals surface area contributed by atoms with Gasteiger partial charge in [-0.3, -0.25) is 0 Å². The minimum Gasteiger partial charge on any atom is -0.481 e. The fourth-order valence-electron chi connectivity index (χ4n) is 2.67. The molecule has 1 aromatic heterocycles. The molecule has 4 heteroatoms. The van der Waals surface area contributed by atoms with E-state index in [2.05, 4.69) is 34.6 Å². The van der Waals surface area contributed by atoms with Gasteiger partial charge in [0.2, 0.25) is 5.88 Å². The van der Waals surface area contributed by atoms with Gasteiger partial charge in [-0.15, -0.1) is 11.6 Å². The highest BCUT2D eigenvalue weighted by Crippen LogP contribution is 2.34. The summed E-state index contributed by atoms with van der Waals surface area (Å²) in [6.45, 7) is 0.680. The van der Waals surface area contributed by atoms with E-state index >= 15 is 0 Å². The van der Waals surface area contributed by atoms with Gasteiger partial charge in [-0.1, -0.05) is 30.3 Å². The highest BCUT2D eigenvalue weighted by Gasteiger charge is 2.30. The number of pyridine rings is 1. The first-order valence-electron chi connectivity index (χ1n) is 6.73. The molecule has 1 aliphatic carbocycles. The van der Waals surface area contributed by atoms with Crippen LogP contribution in [0.15, 0.2) is 42.5 Å². The predicted octanol–water partition coefficient (Wildman–Crippen LogP) is 3.08. The summed E-state index contributed by atoms with van der Waals surface area (Å²) in [5.41, 5.74) is 3.59. The van der Waals surface area contributed by atoms with Crippen LogP contribution in [0.3, 0.4) is 0 Å². The minimum absolute atomic E-state index is 0.0954. The summed E-state index contributed by atoms with van der Waals surface area (Å²) in [7, 11) is 1.63. The summed E-state index contributed by atoms with van der Waals surface area (Å²) in [5.74, 6) is 0.638. The van der Waals surface area contributed by atoms with E-state index in [0.717, 1.165) is 12.1 Å². The maximum atomic E-state index is 6.46. The van der Waals surface area contributed by atoms with E-state index in [1.807, 2.05) is 18.2 Å². The van der Waals surface area contributed by atoms with Crippen molar-refractivity contribution in [3.8, 4) is 5.88 Å². The van der Waals surface area contributed by atoms with E-state index in [-0.39, 0.29) is 11.4 Å². The van der Waals surface area contributed by atoms with Crippen LogP contribution in [0.4, 0.5) is 0 Å². The average molecular weight is 289 g/mol. The number of fused-ring (bicyclic) bond motifs is 1. The van der Waals surface area contributed by atoms with E-state index in [1.165, 1.54) is 11.1 Å². The summed E-state index contributed by atoms with van der Waals surface area (Å²) >= 11 is 6.46. The maximum Gasteiger partial charge on any atom is 0.213 e. The van der Waals surface area contributed by atoms with E-state index < -0.39 is 0 Å². The predicted molar refractivity (Wildman–Crippen MR) is 80.2 cm³/mol. The van der Waals surface area contributed by atoms with Gasteiger partial charge in [0.05, 0.1) is 18.2 Å². The van der Waals surface area contributed by atoms with E-state index in [1.54, 1.807) is 7.11 Å². The van der Waals surface area contributed by atoms with Crippen molar-refractivity contribution in [2.45, 2.75) is 24.4 Å². The third-order valence-corrected chi connectivity index (χ3v) is 4.07. The van der Waals surface area contributed by atoms with E-state index in [0.29, 0.717) is 12.4 Å². The zero-order chi connectivity index (χ0) is 13.9. The molecule has 0 spiro atoms. The minimum atomic E-state index is 0.0954. The maximum absolute atomic E-state index is 6.46. The largest absolute Gasteiger partial charge is 0.481 e. The number of nitrogens with zero attached hydrogens (tertiary/aromatic N) is 1. The summed E-state index contributed by atoms with van der Waals surface area (Å²) in [5, 5.41) is 3.60. The Kier molecular flexibility index (Phi) is 3.90. The number of rotatable bonds is 4. The van der Waals surface area contributed by atoms with Crippen molar-refractivity contribution in [2.24, 2.45) is 0 Å². The number of hydrogen-bond acceptors (Lipinski definition) is 3. The Morgan fingerprint density at radius 3 is 2.95 bits per heavy atom. The Labute approximate surface area is 123 Å². The molecule has 0 aliphatic heterocycles. The SMILES string of the molecule is COc1cccc(CNC2c3ccccc3CC2Cl)n1. The molecule has 104 valence electrons. The fourth-order valence-corrected chi connectivity index (χ4v) is 3.06. The molecule has 20 heavy (non-hydrogen) atoms. The lowest BCUT2D eigenvalue weighted by Crippen LogP contribution is -2.25. The number of nitrogens with one attached hydrogen (secondary N) is 1. The fraction of sp³-hybridized carbons (Fsp3) is 0.312. The monoisotopic (exact) mass is 288 g/mol. The molecule has 1 N–H and O–H groups in total. The second kappa shape index (κ2) is 5.81. The Balaban J connectivity index is 1.72. The van der Waals surface area contributed by atoms with Gasteiger partial charge in [0, 0.05) is 18.7 Å². The van der Waals surface area contributed by atoms with Gasteiger partial charge in [0.25, 0.3) is 0 Å². The van der Waals surface area contributed by atoms with Crippen molar-refractivity contribution < 1.29 is 4.74 Å². The normalized spacial score (nSPS) is 20.7.